The van der Waals surface area contributed by atoms with Gasteiger partial charge in [0, 0.05) is 20.4 Å². The molecule has 0 N–H and O–H groups in total. The van der Waals surface area contributed by atoms with Crippen molar-refractivity contribution in [1.82, 2.24) is 4.98 Å². The normalized spacial score (nSPS) is 17.8. The summed E-state index contributed by atoms with van der Waals surface area (Å²) in [5, 5.41) is 1.25. The molecule has 2 aromatic rings. The Bertz CT molecular complexity index is 648. The van der Waals surface area contributed by atoms with E-state index in [1.165, 1.54) is 0 Å². The third kappa shape index (κ3) is 1.81. The topological polar surface area (TPSA) is 22.1 Å². The molecular formula is C12H7BrClF2NO. The van der Waals surface area contributed by atoms with Crippen molar-refractivity contribution in [1.29, 1.82) is 0 Å². The zero-order valence-electron chi connectivity index (χ0n) is 9.01. The van der Waals surface area contributed by atoms with E-state index in [2.05, 4.69) is 20.9 Å². The zero-order valence-corrected chi connectivity index (χ0v) is 11.4. The number of aromatic nitrogens is 1. The van der Waals surface area contributed by atoms with Crippen molar-refractivity contribution in [2.45, 2.75) is 12.5 Å². The van der Waals surface area contributed by atoms with E-state index >= 15 is 0 Å². The van der Waals surface area contributed by atoms with Crippen molar-refractivity contribution >= 4 is 38.4 Å². The second kappa shape index (κ2) is 4.11. The van der Waals surface area contributed by atoms with Crippen molar-refractivity contribution in [2.24, 2.45) is 0 Å². The van der Waals surface area contributed by atoms with Crippen LogP contribution in [0.4, 0.5) is 8.78 Å². The van der Waals surface area contributed by atoms with E-state index < -0.39 is 12.5 Å². The highest BCUT2D eigenvalue weighted by molar-refractivity contribution is 9.10. The molecule has 6 heteroatoms. The minimum atomic E-state index is -3.05. The minimum absolute atomic E-state index is 0.126. The van der Waals surface area contributed by atoms with Gasteiger partial charge in [0.05, 0.1) is 12.1 Å². The predicted octanol–water partition coefficient (Wildman–Crippen LogP) is 4.27. The van der Waals surface area contributed by atoms with Crippen molar-refractivity contribution in [3.8, 4) is 0 Å². The van der Waals surface area contributed by atoms with Gasteiger partial charge in [-0.2, -0.15) is 8.78 Å². The van der Waals surface area contributed by atoms with Gasteiger partial charge in [-0.3, -0.25) is 0 Å². The van der Waals surface area contributed by atoms with Crippen molar-refractivity contribution < 1.29 is 13.5 Å². The number of hydrogen-bond donors (Lipinski definition) is 0. The minimum Gasteiger partial charge on any atom is -0.370 e. The quantitative estimate of drug-likeness (QED) is 0.718. The Balaban J connectivity index is 2.37. The van der Waals surface area contributed by atoms with Gasteiger partial charge in [0.1, 0.15) is 12.3 Å². The third-order valence-corrected chi connectivity index (χ3v) is 4.00. The molecule has 94 valence electrons. The molecule has 0 fully saturated rings. The van der Waals surface area contributed by atoms with Gasteiger partial charge in [-0.25, -0.2) is 4.98 Å². The molecule has 0 unspecified atom stereocenters. The first-order valence-corrected chi connectivity index (χ1v) is 6.40. The molecule has 1 aliphatic heterocycles. The van der Waals surface area contributed by atoms with Gasteiger partial charge >= 0.3 is 5.92 Å². The fourth-order valence-electron chi connectivity index (χ4n) is 2.02. The number of benzene rings is 1. The fraction of sp³-hybridized carbons (Fsp3) is 0.250. The Morgan fingerprint density at radius 1 is 1.39 bits per heavy atom. The van der Waals surface area contributed by atoms with Crippen LogP contribution in [0.3, 0.4) is 0 Å². The summed E-state index contributed by atoms with van der Waals surface area (Å²) in [6.45, 7) is -0.500. The second-order valence-electron chi connectivity index (χ2n) is 4.11. The molecule has 1 aromatic carbocycles. The molecule has 0 amide bonds. The Morgan fingerprint density at radius 2 is 2.17 bits per heavy atom. The van der Waals surface area contributed by atoms with E-state index in [4.69, 9.17) is 16.3 Å². The van der Waals surface area contributed by atoms with Crippen molar-refractivity contribution in [3.63, 3.8) is 0 Å². The van der Waals surface area contributed by atoms with Gasteiger partial charge in [-0.15, -0.1) is 0 Å². The molecule has 0 radical (unpaired) electrons. The molecular weight excluding hydrogens is 327 g/mol. The lowest BCUT2D eigenvalue weighted by Crippen LogP contribution is -2.29. The molecule has 0 atom stereocenters. The number of hydrogen-bond acceptors (Lipinski definition) is 2. The maximum atomic E-state index is 13.7. The molecule has 0 saturated carbocycles. The summed E-state index contributed by atoms with van der Waals surface area (Å²) in [6, 6.07) is 4.96. The monoisotopic (exact) mass is 333 g/mol. The van der Waals surface area contributed by atoms with Crippen LogP contribution in [-0.2, 0) is 17.3 Å². The molecule has 18 heavy (non-hydrogen) atoms. The number of ether oxygens (including phenoxy) is 1. The zero-order chi connectivity index (χ0) is 12.9. The van der Waals surface area contributed by atoms with Crippen LogP contribution in [0.15, 0.2) is 22.7 Å². The van der Waals surface area contributed by atoms with Gasteiger partial charge in [0.2, 0.25) is 0 Å². The molecule has 1 aliphatic rings. The summed E-state index contributed by atoms with van der Waals surface area (Å²) in [5.74, 6) is -3.05. The molecule has 2 nitrogen and oxygen atoms in total. The molecule has 1 aromatic heterocycles. The maximum absolute atomic E-state index is 13.7. The van der Waals surface area contributed by atoms with E-state index in [1.54, 1.807) is 18.2 Å². The molecule has 0 saturated heterocycles. The van der Waals surface area contributed by atoms with Crippen LogP contribution in [0.2, 0.25) is 5.02 Å². The standard InChI is InChI=1S/C12H7BrClF2NO/c13-10-7-3-6(14)1-2-9(7)17-11-8(10)4-18-5-12(11,15)16/h1-3H,4-5H2. The third-order valence-electron chi connectivity index (χ3n) is 2.85. The summed E-state index contributed by atoms with van der Waals surface area (Å²) >= 11 is 9.24. The average molecular weight is 335 g/mol. The van der Waals surface area contributed by atoms with Crippen LogP contribution in [-0.4, -0.2) is 11.6 Å². The highest BCUT2D eigenvalue weighted by Crippen LogP contribution is 2.40. The summed E-state index contributed by atoms with van der Waals surface area (Å²) in [7, 11) is 0. The van der Waals surface area contributed by atoms with Gasteiger partial charge in [0.15, 0.2) is 0 Å². The molecule has 0 aliphatic carbocycles. The van der Waals surface area contributed by atoms with Gasteiger partial charge in [0.25, 0.3) is 0 Å². The lowest BCUT2D eigenvalue weighted by molar-refractivity contribution is -0.106. The lowest BCUT2D eigenvalue weighted by atomic mass is 10.0. The molecule has 2 heterocycles. The number of fused-ring (bicyclic) bond motifs is 2. The SMILES string of the molecule is FC1(F)COCc2c1nc1ccc(Cl)cc1c2Br. The Labute approximate surface area is 115 Å². The Kier molecular flexibility index (Phi) is 2.80. The first-order valence-electron chi connectivity index (χ1n) is 5.23. The van der Waals surface area contributed by atoms with Crippen molar-refractivity contribution in [3.05, 3.63) is 39.0 Å². The van der Waals surface area contributed by atoms with Gasteiger partial charge in [-0.05, 0) is 34.1 Å². The van der Waals surface area contributed by atoms with E-state index in [0.29, 0.717) is 26.0 Å². The van der Waals surface area contributed by atoms with Gasteiger partial charge in [-0.1, -0.05) is 11.6 Å². The van der Waals surface area contributed by atoms with Crippen LogP contribution < -0.4 is 0 Å². The maximum Gasteiger partial charge on any atom is 0.312 e. The summed E-state index contributed by atoms with van der Waals surface area (Å²) in [6.07, 6.45) is 0. The number of rotatable bonds is 0. The Hall–Kier alpha value is -0.780. The van der Waals surface area contributed by atoms with Crippen LogP contribution in [0, 0.1) is 0 Å². The summed E-state index contributed by atoms with van der Waals surface area (Å²) in [4.78, 5) is 4.05. The molecule has 3 rings (SSSR count). The average Bonchev–Trinajstić information content (AvgIpc) is 2.31. The molecule has 0 spiro atoms. The summed E-state index contributed by atoms with van der Waals surface area (Å²) < 4.78 is 33.0. The highest BCUT2D eigenvalue weighted by atomic mass is 79.9. The van der Waals surface area contributed by atoms with E-state index in [-0.39, 0.29) is 12.3 Å². The number of halogens is 4. The number of nitrogens with zero attached hydrogens (tertiary/aromatic N) is 1. The molecule has 0 bridgehead atoms. The first kappa shape index (κ1) is 12.3. The highest BCUT2D eigenvalue weighted by Gasteiger charge is 2.40. The van der Waals surface area contributed by atoms with E-state index in [9.17, 15) is 8.78 Å². The van der Waals surface area contributed by atoms with Crippen molar-refractivity contribution in [2.75, 3.05) is 6.61 Å². The largest absolute Gasteiger partial charge is 0.370 e. The fourth-order valence-corrected chi connectivity index (χ4v) is 2.81. The Morgan fingerprint density at radius 3 is 2.94 bits per heavy atom. The second-order valence-corrected chi connectivity index (χ2v) is 5.34. The summed E-state index contributed by atoms with van der Waals surface area (Å²) in [5.41, 5.74) is 0.670. The number of pyridine rings is 1. The van der Waals surface area contributed by atoms with Crippen LogP contribution in [0.25, 0.3) is 10.9 Å². The van der Waals surface area contributed by atoms with Crippen LogP contribution >= 0.6 is 27.5 Å². The smallest absolute Gasteiger partial charge is 0.312 e. The van der Waals surface area contributed by atoms with Gasteiger partial charge < -0.3 is 4.74 Å². The van der Waals surface area contributed by atoms with E-state index in [1.807, 2.05) is 0 Å². The van der Waals surface area contributed by atoms with E-state index in [0.717, 1.165) is 0 Å². The van der Waals surface area contributed by atoms with Crippen LogP contribution in [0.5, 0.6) is 0 Å². The predicted molar refractivity (Wildman–Crippen MR) is 68.0 cm³/mol. The van der Waals surface area contributed by atoms with Crippen LogP contribution in [0.1, 0.15) is 11.3 Å². The lowest BCUT2D eigenvalue weighted by Gasteiger charge is -2.25. The number of alkyl halides is 2. The first-order chi connectivity index (χ1) is 8.49.